The Labute approximate surface area is 98.3 Å². The van der Waals surface area contributed by atoms with E-state index in [2.05, 4.69) is 10.3 Å². The summed E-state index contributed by atoms with van der Waals surface area (Å²) in [5.41, 5.74) is 0.850. The van der Waals surface area contributed by atoms with Gasteiger partial charge >= 0.3 is 5.97 Å². The minimum atomic E-state index is -0.471. The highest BCUT2D eigenvalue weighted by atomic mass is 16.5. The molecule has 1 unspecified atom stereocenters. The first-order valence-corrected chi connectivity index (χ1v) is 5.33. The maximum absolute atomic E-state index is 11.7. The number of fused-ring (bicyclic) bond motifs is 1. The number of nitrogens with zero attached hydrogens (tertiary/aromatic N) is 1. The molecule has 1 N–H and O–H groups in total. The Bertz CT molecular complexity index is 554. The molecule has 4 heteroatoms. The highest BCUT2D eigenvalue weighted by molar-refractivity contribution is 5.88. The zero-order valence-electron chi connectivity index (χ0n) is 8.96. The molecule has 0 fully saturated rings. The third-order valence-corrected chi connectivity index (χ3v) is 2.63. The summed E-state index contributed by atoms with van der Waals surface area (Å²) in [7, 11) is 0. The SMILES string of the molecule is O=C1Oc2ccccc2C1Nc1ccccn1. The minimum Gasteiger partial charge on any atom is -0.424 e. The van der Waals surface area contributed by atoms with Crippen LogP contribution in [-0.2, 0) is 4.79 Å². The second-order valence-corrected chi connectivity index (χ2v) is 3.75. The third-order valence-electron chi connectivity index (χ3n) is 2.63. The van der Waals surface area contributed by atoms with Crippen molar-refractivity contribution in [1.82, 2.24) is 4.98 Å². The van der Waals surface area contributed by atoms with Gasteiger partial charge in [0.25, 0.3) is 0 Å². The minimum absolute atomic E-state index is 0.295. The second-order valence-electron chi connectivity index (χ2n) is 3.75. The van der Waals surface area contributed by atoms with Crippen LogP contribution in [0.5, 0.6) is 5.75 Å². The zero-order valence-corrected chi connectivity index (χ0v) is 8.96. The van der Waals surface area contributed by atoms with E-state index in [0.29, 0.717) is 11.6 Å². The molecule has 0 saturated carbocycles. The summed E-state index contributed by atoms with van der Waals surface area (Å²) in [6.07, 6.45) is 1.68. The molecule has 0 aliphatic carbocycles. The molecule has 1 aliphatic rings. The van der Waals surface area contributed by atoms with Gasteiger partial charge in [-0.2, -0.15) is 0 Å². The largest absolute Gasteiger partial charge is 0.424 e. The van der Waals surface area contributed by atoms with Gasteiger partial charge in [0.05, 0.1) is 0 Å². The maximum Gasteiger partial charge on any atom is 0.338 e. The molecular formula is C13H10N2O2. The lowest BCUT2D eigenvalue weighted by molar-refractivity contribution is -0.133. The molecule has 1 aromatic carbocycles. The number of carbonyl (C=O) groups excluding carboxylic acids is 1. The Morgan fingerprint density at radius 2 is 1.94 bits per heavy atom. The summed E-state index contributed by atoms with van der Waals surface area (Å²) in [5.74, 6) is 0.980. The number of benzene rings is 1. The molecule has 0 radical (unpaired) electrons. The zero-order chi connectivity index (χ0) is 11.7. The number of hydrogen-bond acceptors (Lipinski definition) is 4. The average molecular weight is 226 g/mol. The van der Waals surface area contributed by atoms with Gasteiger partial charge in [-0.1, -0.05) is 24.3 Å². The number of rotatable bonds is 2. The first kappa shape index (κ1) is 9.84. The van der Waals surface area contributed by atoms with Gasteiger partial charge in [0.1, 0.15) is 11.6 Å². The van der Waals surface area contributed by atoms with Gasteiger partial charge in [-0.05, 0) is 18.2 Å². The second kappa shape index (κ2) is 3.90. The van der Waals surface area contributed by atoms with Crippen LogP contribution >= 0.6 is 0 Å². The average Bonchev–Trinajstić information content (AvgIpc) is 2.68. The number of hydrogen-bond donors (Lipinski definition) is 1. The van der Waals surface area contributed by atoms with E-state index in [1.54, 1.807) is 12.3 Å². The Hall–Kier alpha value is -2.36. The number of ether oxygens (including phenoxy) is 1. The van der Waals surface area contributed by atoms with E-state index in [1.165, 1.54) is 0 Å². The Balaban J connectivity index is 1.92. The fraction of sp³-hybridized carbons (Fsp3) is 0.0769. The Kier molecular flexibility index (Phi) is 2.26. The normalized spacial score (nSPS) is 17.4. The number of carbonyl (C=O) groups is 1. The first-order chi connectivity index (χ1) is 8.34. The topological polar surface area (TPSA) is 51.2 Å². The molecule has 17 heavy (non-hydrogen) atoms. The number of esters is 1. The predicted molar refractivity (Wildman–Crippen MR) is 62.7 cm³/mol. The van der Waals surface area contributed by atoms with E-state index in [4.69, 9.17) is 4.74 Å². The van der Waals surface area contributed by atoms with Crippen LogP contribution in [0.1, 0.15) is 11.6 Å². The van der Waals surface area contributed by atoms with Gasteiger partial charge in [0, 0.05) is 11.8 Å². The van der Waals surface area contributed by atoms with Crippen LogP contribution in [0.25, 0.3) is 0 Å². The van der Waals surface area contributed by atoms with Crippen molar-refractivity contribution in [2.75, 3.05) is 5.32 Å². The molecule has 3 rings (SSSR count). The molecule has 2 aromatic rings. The van der Waals surface area contributed by atoms with Crippen LogP contribution in [0, 0.1) is 0 Å². The van der Waals surface area contributed by atoms with Crippen LogP contribution in [0.3, 0.4) is 0 Å². The van der Waals surface area contributed by atoms with E-state index < -0.39 is 6.04 Å². The predicted octanol–water partition coefficient (Wildman–Crippen LogP) is 2.15. The van der Waals surface area contributed by atoms with Crippen LogP contribution in [0.2, 0.25) is 0 Å². The Morgan fingerprint density at radius 3 is 2.76 bits per heavy atom. The first-order valence-electron chi connectivity index (χ1n) is 5.33. The van der Waals surface area contributed by atoms with Gasteiger partial charge < -0.3 is 10.1 Å². The van der Waals surface area contributed by atoms with Crippen molar-refractivity contribution in [2.45, 2.75) is 6.04 Å². The molecule has 0 spiro atoms. The summed E-state index contributed by atoms with van der Waals surface area (Å²) in [6, 6.07) is 12.4. The van der Waals surface area contributed by atoms with E-state index in [-0.39, 0.29) is 5.97 Å². The maximum atomic E-state index is 11.7. The van der Waals surface area contributed by atoms with Gasteiger partial charge in [-0.3, -0.25) is 0 Å². The lowest BCUT2D eigenvalue weighted by Crippen LogP contribution is -2.19. The molecule has 0 amide bonds. The van der Waals surface area contributed by atoms with E-state index in [1.807, 2.05) is 36.4 Å². The van der Waals surface area contributed by atoms with Crippen molar-refractivity contribution in [1.29, 1.82) is 0 Å². The van der Waals surface area contributed by atoms with Crippen LogP contribution in [0.4, 0.5) is 5.82 Å². The summed E-state index contributed by atoms with van der Waals surface area (Å²) in [4.78, 5) is 15.9. The fourth-order valence-electron chi connectivity index (χ4n) is 1.84. The lowest BCUT2D eigenvalue weighted by Gasteiger charge is -2.10. The van der Waals surface area contributed by atoms with Crippen molar-refractivity contribution in [3.05, 3.63) is 54.2 Å². The molecule has 4 nitrogen and oxygen atoms in total. The molecule has 84 valence electrons. The molecule has 1 aliphatic heterocycles. The smallest absolute Gasteiger partial charge is 0.338 e. The van der Waals surface area contributed by atoms with Gasteiger partial charge in [0.2, 0.25) is 0 Å². The molecular weight excluding hydrogens is 216 g/mol. The van der Waals surface area contributed by atoms with Crippen molar-refractivity contribution < 1.29 is 9.53 Å². The van der Waals surface area contributed by atoms with Crippen LogP contribution < -0.4 is 10.1 Å². The summed E-state index contributed by atoms with van der Waals surface area (Å²) < 4.78 is 5.16. The number of anilines is 1. The van der Waals surface area contributed by atoms with E-state index in [0.717, 1.165) is 5.56 Å². The molecule has 0 saturated heterocycles. The number of aromatic nitrogens is 1. The number of nitrogens with one attached hydrogen (secondary N) is 1. The van der Waals surface area contributed by atoms with Crippen molar-refractivity contribution in [3.8, 4) is 5.75 Å². The van der Waals surface area contributed by atoms with Crippen LogP contribution in [-0.4, -0.2) is 11.0 Å². The standard InChI is InChI=1S/C13H10N2O2/c16-13-12(15-11-7-3-4-8-14-11)9-5-1-2-6-10(9)17-13/h1-8,12H,(H,14,15). The molecule has 0 bridgehead atoms. The van der Waals surface area contributed by atoms with Crippen LogP contribution in [0.15, 0.2) is 48.7 Å². The number of para-hydroxylation sites is 1. The fourth-order valence-corrected chi connectivity index (χ4v) is 1.84. The van der Waals surface area contributed by atoms with Crippen molar-refractivity contribution >= 4 is 11.8 Å². The molecule has 2 heterocycles. The monoisotopic (exact) mass is 226 g/mol. The van der Waals surface area contributed by atoms with Crippen molar-refractivity contribution in [2.24, 2.45) is 0 Å². The van der Waals surface area contributed by atoms with Crippen molar-refractivity contribution in [3.63, 3.8) is 0 Å². The van der Waals surface area contributed by atoms with E-state index >= 15 is 0 Å². The van der Waals surface area contributed by atoms with Gasteiger partial charge in [-0.25, -0.2) is 9.78 Å². The summed E-state index contributed by atoms with van der Waals surface area (Å²) >= 11 is 0. The van der Waals surface area contributed by atoms with E-state index in [9.17, 15) is 4.79 Å². The lowest BCUT2D eigenvalue weighted by atomic mass is 10.1. The quantitative estimate of drug-likeness (QED) is 0.629. The van der Waals surface area contributed by atoms with Gasteiger partial charge in [0.15, 0.2) is 6.04 Å². The summed E-state index contributed by atoms with van der Waals surface area (Å²) in [5, 5.41) is 3.06. The third kappa shape index (κ3) is 1.73. The number of pyridine rings is 1. The molecule has 1 atom stereocenters. The highest BCUT2D eigenvalue weighted by Gasteiger charge is 2.32. The summed E-state index contributed by atoms with van der Waals surface area (Å²) in [6.45, 7) is 0. The molecule has 1 aromatic heterocycles. The Morgan fingerprint density at radius 1 is 1.12 bits per heavy atom. The van der Waals surface area contributed by atoms with Gasteiger partial charge in [-0.15, -0.1) is 0 Å². The highest BCUT2D eigenvalue weighted by Crippen LogP contribution is 2.34.